The highest BCUT2D eigenvalue weighted by Crippen LogP contribution is 2.28. The van der Waals surface area contributed by atoms with E-state index >= 15 is 0 Å². The van der Waals surface area contributed by atoms with Crippen molar-refractivity contribution >= 4 is 17.3 Å². The molecule has 0 unspecified atom stereocenters. The van der Waals surface area contributed by atoms with E-state index in [1.165, 1.54) is 12.1 Å². The molecule has 28 heavy (non-hydrogen) atoms. The van der Waals surface area contributed by atoms with Crippen LogP contribution in [0.15, 0.2) is 41.7 Å². The van der Waals surface area contributed by atoms with Crippen LogP contribution < -0.4 is 15.5 Å². The molecule has 1 aromatic carbocycles. The first kappa shape index (κ1) is 18.2. The van der Waals surface area contributed by atoms with Crippen molar-refractivity contribution in [3.8, 4) is 5.75 Å². The number of benzene rings is 1. The van der Waals surface area contributed by atoms with Crippen LogP contribution in [-0.4, -0.2) is 33.3 Å². The van der Waals surface area contributed by atoms with E-state index in [4.69, 9.17) is 9.57 Å². The maximum absolute atomic E-state index is 13.7. The third kappa shape index (κ3) is 3.36. The molecule has 1 aliphatic heterocycles. The van der Waals surface area contributed by atoms with E-state index in [0.717, 1.165) is 5.56 Å². The van der Waals surface area contributed by atoms with Crippen LogP contribution in [0.1, 0.15) is 37.9 Å². The highest BCUT2D eigenvalue weighted by molar-refractivity contribution is 6.03. The van der Waals surface area contributed by atoms with Crippen LogP contribution in [0.25, 0.3) is 5.65 Å². The lowest BCUT2D eigenvalue weighted by Crippen LogP contribution is -2.23. The summed E-state index contributed by atoms with van der Waals surface area (Å²) in [5.74, 6) is 1.48. The van der Waals surface area contributed by atoms with Crippen molar-refractivity contribution in [1.29, 1.82) is 0 Å². The number of hydrogen-bond donors (Lipinski definition) is 2. The number of nitrogens with one attached hydrogen (secondary N) is 2. The normalized spacial score (nSPS) is 16.5. The highest BCUT2D eigenvalue weighted by Gasteiger charge is 2.28. The minimum absolute atomic E-state index is 0.226. The Morgan fingerprint density at radius 3 is 2.86 bits per heavy atom. The Balaban J connectivity index is 1.65. The molecule has 9 heteroatoms. The van der Waals surface area contributed by atoms with Gasteiger partial charge in [0.2, 0.25) is 0 Å². The smallest absolute Gasteiger partial charge is 0.182 e. The Morgan fingerprint density at radius 2 is 2.14 bits per heavy atom. The molecule has 1 aliphatic rings. The van der Waals surface area contributed by atoms with E-state index in [0.29, 0.717) is 28.6 Å². The molecule has 0 saturated heterocycles. The fourth-order valence-electron chi connectivity index (χ4n) is 3.06. The third-order valence-corrected chi connectivity index (χ3v) is 4.43. The monoisotopic (exact) mass is 384 g/mol. The summed E-state index contributed by atoms with van der Waals surface area (Å²) in [6.45, 7) is 5.62. The van der Waals surface area contributed by atoms with E-state index in [1.54, 1.807) is 36.2 Å². The van der Waals surface area contributed by atoms with E-state index < -0.39 is 5.72 Å². The molecule has 3 aromatic rings. The van der Waals surface area contributed by atoms with Gasteiger partial charge in [-0.15, -0.1) is 0 Å². The molecule has 0 aliphatic carbocycles. The van der Waals surface area contributed by atoms with Crippen molar-refractivity contribution in [3.63, 3.8) is 0 Å². The zero-order valence-electron chi connectivity index (χ0n) is 16.0. The number of hydrogen-bond acceptors (Lipinski definition) is 7. The first-order valence-electron chi connectivity index (χ1n) is 8.85. The van der Waals surface area contributed by atoms with Gasteiger partial charge in [-0.2, -0.15) is 5.10 Å². The van der Waals surface area contributed by atoms with Crippen LogP contribution >= 0.6 is 0 Å². The molecular weight excluding hydrogens is 363 g/mol. The molecule has 8 nitrogen and oxygen atoms in total. The number of aliphatic imine (C=N–C) groups is 1. The van der Waals surface area contributed by atoms with Crippen LogP contribution in [0.3, 0.4) is 0 Å². The Hall–Kier alpha value is -3.20. The number of rotatable bonds is 5. The van der Waals surface area contributed by atoms with Gasteiger partial charge in [-0.25, -0.2) is 29.2 Å². The van der Waals surface area contributed by atoms with Gasteiger partial charge in [0.25, 0.3) is 0 Å². The predicted molar refractivity (Wildman–Crippen MR) is 103 cm³/mol. The van der Waals surface area contributed by atoms with Crippen LogP contribution in [0.4, 0.5) is 10.2 Å². The molecular formula is C19H21FN6O2. The number of methoxy groups -OCH3 is 1. The molecule has 0 bridgehead atoms. The molecule has 1 atom stereocenters. The summed E-state index contributed by atoms with van der Waals surface area (Å²) in [7, 11) is 1.56. The maximum atomic E-state index is 13.7. The molecule has 0 fully saturated rings. The Morgan fingerprint density at radius 1 is 1.32 bits per heavy atom. The van der Waals surface area contributed by atoms with Crippen molar-refractivity contribution in [2.75, 3.05) is 12.4 Å². The van der Waals surface area contributed by atoms with E-state index in [1.807, 2.05) is 20.8 Å². The number of aromatic nitrogens is 3. The SMILES string of the molecule is COc1ccc(F)cc1[C@H](C)Nc1ccn2ncc(C3=NC(C)(C)ON3)c2n1. The third-order valence-electron chi connectivity index (χ3n) is 4.43. The highest BCUT2D eigenvalue weighted by atomic mass is 19.1. The fourth-order valence-corrected chi connectivity index (χ4v) is 3.06. The number of nitrogens with zero attached hydrogens (tertiary/aromatic N) is 4. The second-order valence-corrected chi connectivity index (χ2v) is 7.00. The van der Waals surface area contributed by atoms with Gasteiger partial charge in [0.1, 0.15) is 17.4 Å². The minimum atomic E-state index is -0.651. The number of halogens is 1. The Labute approximate surface area is 161 Å². The van der Waals surface area contributed by atoms with Gasteiger partial charge in [-0.3, -0.25) is 0 Å². The van der Waals surface area contributed by atoms with Crippen molar-refractivity contribution < 1.29 is 14.0 Å². The summed E-state index contributed by atoms with van der Waals surface area (Å²) in [5.41, 5.74) is 4.23. The van der Waals surface area contributed by atoms with Crippen molar-refractivity contribution in [3.05, 3.63) is 53.6 Å². The summed E-state index contributed by atoms with van der Waals surface area (Å²) in [6, 6.07) is 6.01. The van der Waals surface area contributed by atoms with E-state index in [9.17, 15) is 4.39 Å². The van der Waals surface area contributed by atoms with Gasteiger partial charge in [-0.1, -0.05) is 0 Å². The van der Waals surface area contributed by atoms with Crippen molar-refractivity contribution in [2.45, 2.75) is 32.5 Å². The van der Waals surface area contributed by atoms with E-state index in [2.05, 4.69) is 25.9 Å². The largest absolute Gasteiger partial charge is 0.496 e. The van der Waals surface area contributed by atoms with Crippen LogP contribution in [0.5, 0.6) is 5.75 Å². The van der Waals surface area contributed by atoms with Crippen LogP contribution in [0.2, 0.25) is 0 Å². The molecule has 2 N–H and O–H groups in total. The van der Waals surface area contributed by atoms with Gasteiger partial charge in [0, 0.05) is 11.8 Å². The second-order valence-electron chi connectivity index (χ2n) is 7.00. The lowest BCUT2D eigenvalue weighted by atomic mass is 10.1. The molecule has 0 spiro atoms. The van der Waals surface area contributed by atoms with Gasteiger partial charge in [-0.05, 0) is 45.0 Å². The molecule has 4 rings (SSSR count). The first-order valence-corrected chi connectivity index (χ1v) is 8.85. The number of hydroxylamine groups is 1. The Bertz CT molecular complexity index is 1060. The molecule has 0 radical (unpaired) electrons. The minimum Gasteiger partial charge on any atom is -0.496 e. The fraction of sp³-hybridized carbons (Fsp3) is 0.316. The maximum Gasteiger partial charge on any atom is 0.182 e. The summed E-state index contributed by atoms with van der Waals surface area (Å²) in [6.07, 6.45) is 3.48. The average molecular weight is 384 g/mol. The predicted octanol–water partition coefficient (Wildman–Crippen LogP) is 3.07. The Kier molecular flexibility index (Phi) is 4.38. The van der Waals surface area contributed by atoms with Gasteiger partial charge >= 0.3 is 0 Å². The molecule has 2 aromatic heterocycles. The van der Waals surface area contributed by atoms with E-state index in [-0.39, 0.29) is 11.9 Å². The second kappa shape index (κ2) is 6.75. The molecule has 146 valence electrons. The molecule has 0 saturated carbocycles. The van der Waals surface area contributed by atoms with Crippen LogP contribution in [0, 0.1) is 5.82 Å². The van der Waals surface area contributed by atoms with Crippen LogP contribution in [-0.2, 0) is 4.84 Å². The van der Waals surface area contributed by atoms with Gasteiger partial charge < -0.3 is 10.1 Å². The zero-order valence-corrected chi connectivity index (χ0v) is 16.0. The van der Waals surface area contributed by atoms with Crippen molar-refractivity contribution in [1.82, 2.24) is 20.1 Å². The summed E-state index contributed by atoms with van der Waals surface area (Å²) < 4.78 is 20.7. The lowest BCUT2D eigenvalue weighted by molar-refractivity contribution is -0.0269. The summed E-state index contributed by atoms with van der Waals surface area (Å²) in [5, 5.41) is 7.59. The standard InChI is InChI=1S/C19H21FN6O2/c1-11(13-9-12(20)5-6-15(13)27-4)22-16-7-8-26-18(23-16)14(10-21-26)17-24-19(2,3)28-25-17/h5-11H,1-4H3,(H,22,23)(H,24,25)/t11-/m0/s1. The quantitative estimate of drug-likeness (QED) is 0.703. The van der Waals surface area contributed by atoms with Crippen molar-refractivity contribution in [2.24, 2.45) is 4.99 Å². The number of anilines is 1. The lowest BCUT2D eigenvalue weighted by Gasteiger charge is -2.18. The van der Waals surface area contributed by atoms with Gasteiger partial charge in [0.05, 0.1) is 24.9 Å². The summed E-state index contributed by atoms with van der Waals surface area (Å²) >= 11 is 0. The molecule has 0 amide bonds. The summed E-state index contributed by atoms with van der Waals surface area (Å²) in [4.78, 5) is 14.6. The number of fused-ring (bicyclic) bond motifs is 1. The van der Waals surface area contributed by atoms with Gasteiger partial charge in [0.15, 0.2) is 17.2 Å². The first-order chi connectivity index (χ1) is 13.4. The molecule has 3 heterocycles. The zero-order chi connectivity index (χ0) is 19.9. The number of ether oxygens (including phenoxy) is 1. The number of amidine groups is 1. The topological polar surface area (TPSA) is 85.1 Å². The average Bonchev–Trinajstić information content (AvgIpc) is 3.24.